The van der Waals surface area contributed by atoms with Crippen LogP contribution in [-0.2, 0) is 19.8 Å². The van der Waals surface area contributed by atoms with Gasteiger partial charge in [0.15, 0.2) is 17.6 Å². The fraction of sp³-hybridized carbons (Fsp3) is 0.391. The summed E-state index contributed by atoms with van der Waals surface area (Å²) in [5, 5.41) is 3.17. The van der Waals surface area contributed by atoms with Gasteiger partial charge < -0.3 is 23.7 Å². The second-order valence-corrected chi connectivity index (χ2v) is 6.99. The first-order chi connectivity index (χ1) is 15.4. The molecule has 8 nitrogen and oxygen atoms in total. The third-order valence-electron chi connectivity index (χ3n) is 5.07. The Balaban J connectivity index is 2.28. The Labute approximate surface area is 192 Å². The number of carbonyl (C=O) groups excluding carboxylic acids is 2. The molecule has 0 aliphatic rings. The van der Waals surface area contributed by atoms with E-state index in [0.717, 1.165) is 5.56 Å². The molecule has 0 heterocycles. The van der Waals surface area contributed by atoms with Crippen LogP contribution in [0.3, 0.4) is 0 Å². The number of halogens is 1. The van der Waals surface area contributed by atoms with E-state index in [1.54, 1.807) is 0 Å². The standard InChI is InChI=1S/C23H28ClNO7/c1-5-23(17-9-7-6-8-10-17,25-13-20(26)32-15-24)14-31-22(27)16-11-18(28-2)21(30-4)19(12-16)29-3/h6-12,25H,5,13-15H2,1-4H3. The van der Waals surface area contributed by atoms with Gasteiger partial charge in [0.2, 0.25) is 5.75 Å². The Morgan fingerprint density at radius 1 is 0.969 bits per heavy atom. The Bertz CT molecular complexity index is 881. The monoisotopic (exact) mass is 465 g/mol. The minimum Gasteiger partial charge on any atom is -0.493 e. The quantitative estimate of drug-likeness (QED) is 0.376. The summed E-state index contributed by atoms with van der Waals surface area (Å²) in [4.78, 5) is 24.8. The molecule has 2 rings (SSSR count). The first kappa shape index (κ1) is 25.3. The summed E-state index contributed by atoms with van der Waals surface area (Å²) in [6, 6.07) is 12.2. The van der Waals surface area contributed by atoms with Crippen LogP contribution in [0, 0.1) is 0 Å². The van der Waals surface area contributed by atoms with Crippen molar-refractivity contribution in [1.82, 2.24) is 5.32 Å². The number of rotatable bonds is 12. The lowest BCUT2D eigenvalue weighted by Crippen LogP contribution is -2.48. The first-order valence-corrected chi connectivity index (χ1v) is 10.5. The molecule has 0 fully saturated rings. The van der Waals surface area contributed by atoms with E-state index in [1.165, 1.54) is 33.5 Å². The topological polar surface area (TPSA) is 92.3 Å². The molecule has 2 aromatic carbocycles. The third kappa shape index (κ3) is 6.05. The number of carbonyl (C=O) groups is 2. The minimum absolute atomic E-state index is 0.0306. The Morgan fingerprint density at radius 2 is 1.59 bits per heavy atom. The van der Waals surface area contributed by atoms with Crippen molar-refractivity contribution in [3.05, 3.63) is 53.6 Å². The number of hydrogen-bond acceptors (Lipinski definition) is 8. The SMILES string of the molecule is CCC(COC(=O)c1cc(OC)c(OC)c(OC)c1)(NCC(=O)OCCl)c1ccccc1. The van der Waals surface area contributed by atoms with Crippen molar-refractivity contribution in [3.63, 3.8) is 0 Å². The van der Waals surface area contributed by atoms with Gasteiger partial charge in [-0.05, 0) is 24.1 Å². The molecule has 1 unspecified atom stereocenters. The van der Waals surface area contributed by atoms with E-state index in [2.05, 4.69) is 5.32 Å². The predicted octanol–water partition coefficient (Wildman–Crippen LogP) is 3.50. The molecule has 1 atom stereocenters. The molecule has 0 radical (unpaired) electrons. The molecule has 0 saturated heterocycles. The van der Waals surface area contributed by atoms with Gasteiger partial charge in [-0.2, -0.15) is 0 Å². The first-order valence-electron chi connectivity index (χ1n) is 9.93. The second-order valence-electron chi connectivity index (χ2n) is 6.77. The van der Waals surface area contributed by atoms with Gasteiger partial charge in [-0.1, -0.05) is 48.9 Å². The van der Waals surface area contributed by atoms with Gasteiger partial charge in [0.1, 0.15) is 6.61 Å². The molecule has 1 N–H and O–H groups in total. The molecule has 174 valence electrons. The van der Waals surface area contributed by atoms with Crippen LogP contribution < -0.4 is 19.5 Å². The van der Waals surface area contributed by atoms with Crippen molar-refractivity contribution >= 4 is 23.5 Å². The zero-order chi connectivity index (χ0) is 23.6. The molecule has 0 bridgehead atoms. The van der Waals surface area contributed by atoms with Crippen LogP contribution in [0.15, 0.2) is 42.5 Å². The Hall–Kier alpha value is -2.97. The minimum atomic E-state index is -0.817. The maximum absolute atomic E-state index is 12.9. The fourth-order valence-electron chi connectivity index (χ4n) is 3.25. The number of esters is 2. The largest absolute Gasteiger partial charge is 0.493 e. The highest BCUT2D eigenvalue weighted by molar-refractivity contribution is 6.17. The lowest BCUT2D eigenvalue weighted by atomic mass is 9.88. The summed E-state index contributed by atoms with van der Waals surface area (Å²) >= 11 is 5.47. The summed E-state index contributed by atoms with van der Waals surface area (Å²) in [7, 11) is 4.41. The van der Waals surface area contributed by atoms with Gasteiger partial charge in [-0.25, -0.2) is 4.79 Å². The van der Waals surface area contributed by atoms with E-state index < -0.39 is 17.5 Å². The van der Waals surface area contributed by atoms with Crippen molar-refractivity contribution in [2.75, 3.05) is 40.5 Å². The Morgan fingerprint density at radius 3 is 2.09 bits per heavy atom. The third-order valence-corrected chi connectivity index (χ3v) is 5.18. The highest BCUT2D eigenvalue weighted by atomic mass is 35.5. The molecule has 0 aromatic heterocycles. The van der Waals surface area contributed by atoms with Crippen LogP contribution in [0.25, 0.3) is 0 Å². The van der Waals surface area contributed by atoms with E-state index in [1.807, 2.05) is 37.3 Å². The molecule has 2 aromatic rings. The molecular formula is C23H28ClNO7. The van der Waals surface area contributed by atoms with E-state index >= 15 is 0 Å². The number of benzene rings is 2. The smallest absolute Gasteiger partial charge is 0.338 e. The van der Waals surface area contributed by atoms with Gasteiger partial charge in [-0.15, -0.1) is 0 Å². The van der Waals surface area contributed by atoms with Crippen LogP contribution in [-0.4, -0.2) is 52.5 Å². The number of hydrogen-bond donors (Lipinski definition) is 1. The molecule has 0 aliphatic heterocycles. The van der Waals surface area contributed by atoms with Crippen molar-refractivity contribution < 1.29 is 33.3 Å². The normalized spacial score (nSPS) is 12.4. The highest BCUT2D eigenvalue weighted by Crippen LogP contribution is 2.38. The summed E-state index contributed by atoms with van der Waals surface area (Å²) < 4.78 is 26.4. The molecule has 9 heteroatoms. The summed E-state index contributed by atoms with van der Waals surface area (Å²) in [5.41, 5.74) is 0.279. The van der Waals surface area contributed by atoms with Crippen molar-refractivity contribution in [1.29, 1.82) is 0 Å². The fourth-order valence-corrected chi connectivity index (χ4v) is 3.37. The molecule has 0 aliphatic carbocycles. The molecule has 0 spiro atoms. The number of ether oxygens (including phenoxy) is 5. The lowest BCUT2D eigenvalue weighted by molar-refractivity contribution is -0.141. The van der Waals surface area contributed by atoms with E-state index in [-0.39, 0.29) is 24.8 Å². The second kappa shape index (κ2) is 12.2. The van der Waals surface area contributed by atoms with Gasteiger partial charge in [0, 0.05) is 0 Å². The maximum Gasteiger partial charge on any atom is 0.338 e. The van der Waals surface area contributed by atoms with Crippen molar-refractivity contribution in [2.24, 2.45) is 0 Å². The number of nitrogens with one attached hydrogen (secondary N) is 1. The summed E-state index contributed by atoms with van der Waals surface area (Å²) in [5.74, 6) is -0.0396. The Kier molecular flexibility index (Phi) is 9.61. The van der Waals surface area contributed by atoms with Crippen molar-refractivity contribution in [3.8, 4) is 17.2 Å². The average molecular weight is 466 g/mol. The summed E-state index contributed by atoms with van der Waals surface area (Å²) in [6.07, 6.45) is 0.535. The number of methoxy groups -OCH3 is 3. The van der Waals surface area contributed by atoms with Crippen molar-refractivity contribution in [2.45, 2.75) is 18.9 Å². The van der Waals surface area contributed by atoms with Gasteiger partial charge >= 0.3 is 11.9 Å². The van der Waals surface area contributed by atoms with Gasteiger partial charge in [0.25, 0.3) is 0 Å². The van der Waals surface area contributed by atoms with E-state index in [9.17, 15) is 9.59 Å². The number of alkyl halides is 1. The van der Waals surface area contributed by atoms with Crippen LogP contribution in [0.4, 0.5) is 0 Å². The highest BCUT2D eigenvalue weighted by Gasteiger charge is 2.33. The molecule has 0 amide bonds. The predicted molar refractivity (Wildman–Crippen MR) is 120 cm³/mol. The zero-order valence-electron chi connectivity index (χ0n) is 18.6. The van der Waals surface area contributed by atoms with Gasteiger partial charge in [-0.3, -0.25) is 10.1 Å². The van der Waals surface area contributed by atoms with Crippen LogP contribution in [0.1, 0.15) is 29.3 Å². The van der Waals surface area contributed by atoms with E-state index in [0.29, 0.717) is 23.7 Å². The molecule has 0 saturated carbocycles. The lowest BCUT2D eigenvalue weighted by Gasteiger charge is -2.34. The van der Waals surface area contributed by atoms with E-state index in [4.69, 9.17) is 35.3 Å². The van der Waals surface area contributed by atoms with Crippen LogP contribution in [0.5, 0.6) is 17.2 Å². The van der Waals surface area contributed by atoms with Crippen LogP contribution >= 0.6 is 11.6 Å². The van der Waals surface area contributed by atoms with Gasteiger partial charge in [0.05, 0.1) is 39.0 Å². The zero-order valence-corrected chi connectivity index (χ0v) is 19.4. The maximum atomic E-state index is 12.9. The summed E-state index contributed by atoms with van der Waals surface area (Å²) in [6.45, 7) is 1.80. The molecule has 32 heavy (non-hydrogen) atoms. The molecular weight excluding hydrogens is 438 g/mol. The average Bonchev–Trinajstić information content (AvgIpc) is 2.84. The van der Waals surface area contributed by atoms with Crippen LogP contribution in [0.2, 0.25) is 0 Å².